The third-order valence-corrected chi connectivity index (χ3v) is 4.99. The Morgan fingerprint density at radius 2 is 2.00 bits per heavy atom. The Kier molecular flexibility index (Phi) is 4.74. The van der Waals surface area contributed by atoms with Gasteiger partial charge in [-0.15, -0.1) is 0 Å². The molecule has 1 saturated carbocycles. The largest absolute Gasteiger partial charge is 0.467 e. The maximum absolute atomic E-state index is 12.9. The van der Waals surface area contributed by atoms with E-state index in [0.717, 1.165) is 24.1 Å². The van der Waals surface area contributed by atoms with Crippen LogP contribution in [0, 0.1) is 5.92 Å². The predicted octanol–water partition coefficient (Wildman–Crippen LogP) is 3.95. The number of benzene rings is 1. The second-order valence-electron chi connectivity index (χ2n) is 6.83. The summed E-state index contributed by atoms with van der Waals surface area (Å²) in [7, 11) is 0. The third kappa shape index (κ3) is 3.76. The fourth-order valence-corrected chi connectivity index (χ4v) is 3.19. The van der Waals surface area contributed by atoms with Gasteiger partial charge >= 0.3 is 5.97 Å². The summed E-state index contributed by atoms with van der Waals surface area (Å²) in [6.07, 6.45) is 2.83. The molecular weight excluding hydrogens is 368 g/mol. The molecule has 0 bridgehead atoms. The molecule has 2 aliphatic rings. The van der Waals surface area contributed by atoms with E-state index >= 15 is 0 Å². The number of hydrogen-bond acceptors (Lipinski definition) is 5. The minimum atomic E-state index is -0.899. The smallest absolute Gasteiger partial charge is 0.309 e. The van der Waals surface area contributed by atoms with Crippen LogP contribution in [0.15, 0.2) is 52.2 Å². The summed E-state index contributed by atoms with van der Waals surface area (Å²) in [6, 6.07) is 10.5. The number of esters is 1. The topological polar surface area (TPSA) is 72.1 Å². The van der Waals surface area contributed by atoms with Crippen LogP contribution in [0.4, 0.5) is 0 Å². The number of halogens is 1. The van der Waals surface area contributed by atoms with Crippen molar-refractivity contribution in [3.8, 4) is 0 Å². The zero-order valence-corrected chi connectivity index (χ0v) is 15.6. The van der Waals surface area contributed by atoms with Crippen LogP contribution in [-0.4, -0.2) is 28.7 Å². The lowest BCUT2D eigenvalue weighted by atomic mass is 10.0. The minimum Gasteiger partial charge on any atom is -0.467 e. The Bertz CT molecular complexity index is 872. The van der Waals surface area contributed by atoms with Crippen LogP contribution in [-0.2, 0) is 14.3 Å². The first kappa shape index (κ1) is 17.8. The van der Waals surface area contributed by atoms with Crippen molar-refractivity contribution < 1.29 is 18.7 Å². The molecule has 140 valence electrons. The molecule has 6 nitrogen and oxygen atoms in total. The number of nitrogens with zero attached hydrogens (tertiary/aromatic N) is 2. The van der Waals surface area contributed by atoms with E-state index in [4.69, 9.17) is 20.8 Å². The monoisotopic (exact) mass is 386 g/mol. The number of ether oxygens (including phenoxy) is 1. The Balaban J connectivity index is 1.58. The van der Waals surface area contributed by atoms with Crippen molar-refractivity contribution in [1.29, 1.82) is 0 Å². The van der Waals surface area contributed by atoms with E-state index in [-0.39, 0.29) is 23.8 Å². The normalized spacial score (nSPS) is 20.3. The molecule has 1 fully saturated rings. The van der Waals surface area contributed by atoms with Crippen molar-refractivity contribution in [3.05, 3.63) is 59.0 Å². The Morgan fingerprint density at radius 1 is 1.26 bits per heavy atom. The Morgan fingerprint density at radius 3 is 2.63 bits per heavy atom. The molecule has 2 aromatic rings. The van der Waals surface area contributed by atoms with E-state index in [1.54, 1.807) is 31.4 Å². The van der Waals surface area contributed by atoms with Crippen molar-refractivity contribution >= 4 is 29.2 Å². The van der Waals surface area contributed by atoms with Gasteiger partial charge in [0.25, 0.3) is 5.91 Å². The molecule has 0 radical (unpaired) electrons. The summed E-state index contributed by atoms with van der Waals surface area (Å²) in [4.78, 5) is 24.8. The Labute approximate surface area is 161 Å². The quantitative estimate of drug-likeness (QED) is 0.729. The predicted molar refractivity (Wildman–Crippen MR) is 99.2 cm³/mol. The highest BCUT2D eigenvalue weighted by atomic mass is 35.5. The molecule has 0 N–H and O–H groups in total. The van der Waals surface area contributed by atoms with Gasteiger partial charge in [0, 0.05) is 11.4 Å². The van der Waals surface area contributed by atoms with Gasteiger partial charge in [0.05, 0.1) is 17.9 Å². The van der Waals surface area contributed by atoms with Crippen molar-refractivity contribution in [1.82, 2.24) is 5.01 Å². The van der Waals surface area contributed by atoms with Crippen molar-refractivity contribution in [2.45, 2.75) is 38.3 Å². The average Bonchev–Trinajstić information content (AvgIpc) is 3.20. The van der Waals surface area contributed by atoms with Gasteiger partial charge in [-0.2, -0.15) is 5.10 Å². The van der Waals surface area contributed by atoms with Gasteiger partial charge in [-0.25, -0.2) is 5.01 Å². The summed E-state index contributed by atoms with van der Waals surface area (Å²) in [5.74, 6) is -0.106. The standard InChI is InChI=1S/C20H19ClN2O4/c1-12(27-20(25)14-4-5-14)19(24)23-17(18-3-2-10-26-18)11-16(22-23)13-6-8-15(21)9-7-13/h2-3,6-10,12,14,17H,4-5,11H2,1H3/t12-,17-/m1/s1. The first-order chi connectivity index (χ1) is 13.0. The summed E-state index contributed by atoms with van der Waals surface area (Å²) in [5.41, 5.74) is 1.64. The molecule has 0 saturated heterocycles. The number of furan rings is 1. The summed E-state index contributed by atoms with van der Waals surface area (Å²) in [6.45, 7) is 1.58. The SMILES string of the molecule is C[C@@H](OC(=O)C1CC1)C(=O)N1N=C(c2ccc(Cl)cc2)C[C@@H]1c1ccco1. The van der Waals surface area contributed by atoms with Crippen LogP contribution < -0.4 is 0 Å². The molecule has 2 atom stereocenters. The Hall–Kier alpha value is -2.60. The van der Waals surface area contributed by atoms with E-state index in [1.807, 2.05) is 18.2 Å². The van der Waals surface area contributed by atoms with E-state index in [9.17, 15) is 9.59 Å². The molecule has 0 unspecified atom stereocenters. The number of carbonyl (C=O) groups is 2. The second-order valence-corrected chi connectivity index (χ2v) is 7.26. The average molecular weight is 387 g/mol. The molecular formula is C20H19ClN2O4. The summed E-state index contributed by atoms with van der Waals surface area (Å²) < 4.78 is 10.8. The van der Waals surface area contributed by atoms with Crippen molar-refractivity contribution in [2.24, 2.45) is 11.0 Å². The summed E-state index contributed by atoms with van der Waals surface area (Å²) in [5, 5.41) is 6.52. The molecule has 1 amide bonds. The lowest BCUT2D eigenvalue weighted by molar-refractivity contribution is -0.161. The van der Waals surface area contributed by atoms with Crippen LogP contribution in [0.5, 0.6) is 0 Å². The van der Waals surface area contributed by atoms with Gasteiger partial charge < -0.3 is 9.15 Å². The van der Waals surface area contributed by atoms with Crippen LogP contribution in [0.3, 0.4) is 0 Å². The lowest BCUT2D eigenvalue weighted by Crippen LogP contribution is -2.37. The number of carbonyl (C=O) groups excluding carboxylic acids is 2. The van der Waals surface area contributed by atoms with Crippen molar-refractivity contribution in [2.75, 3.05) is 0 Å². The molecule has 27 heavy (non-hydrogen) atoms. The van der Waals surface area contributed by atoms with Gasteiger partial charge in [-0.3, -0.25) is 9.59 Å². The number of rotatable bonds is 5. The van der Waals surface area contributed by atoms with E-state index in [2.05, 4.69) is 5.10 Å². The first-order valence-electron chi connectivity index (χ1n) is 8.93. The molecule has 1 aliphatic heterocycles. The lowest BCUT2D eigenvalue weighted by Gasteiger charge is -2.23. The van der Waals surface area contributed by atoms with Gasteiger partial charge in [0.1, 0.15) is 11.8 Å². The molecule has 1 aliphatic carbocycles. The highest BCUT2D eigenvalue weighted by Gasteiger charge is 2.39. The fraction of sp³-hybridized carbons (Fsp3) is 0.350. The van der Waals surface area contributed by atoms with Gasteiger partial charge in [-0.05, 0) is 49.6 Å². The van der Waals surface area contributed by atoms with Crippen LogP contribution >= 0.6 is 11.6 Å². The molecule has 0 spiro atoms. The van der Waals surface area contributed by atoms with E-state index in [0.29, 0.717) is 17.2 Å². The maximum atomic E-state index is 12.9. The maximum Gasteiger partial charge on any atom is 0.309 e. The summed E-state index contributed by atoms with van der Waals surface area (Å²) >= 11 is 5.96. The van der Waals surface area contributed by atoms with Crippen molar-refractivity contribution in [3.63, 3.8) is 0 Å². The molecule has 7 heteroatoms. The first-order valence-corrected chi connectivity index (χ1v) is 9.31. The van der Waals surface area contributed by atoms with Crippen LogP contribution in [0.2, 0.25) is 5.02 Å². The zero-order valence-electron chi connectivity index (χ0n) is 14.8. The van der Waals surface area contributed by atoms with Gasteiger partial charge in [0.15, 0.2) is 6.10 Å². The van der Waals surface area contributed by atoms with Crippen LogP contribution in [0.1, 0.15) is 43.6 Å². The van der Waals surface area contributed by atoms with Crippen LogP contribution in [0.25, 0.3) is 0 Å². The molecule has 4 rings (SSSR count). The zero-order chi connectivity index (χ0) is 19.0. The minimum absolute atomic E-state index is 0.0622. The van der Waals surface area contributed by atoms with Gasteiger partial charge in [-0.1, -0.05) is 23.7 Å². The number of amides is 1. The highest BCUT2D eigenvalue weighted by molar-refractivity contribution is 6.30. The molecule has 2 heterocycles. The highest BCUT2D eigenvalue weighted by Crippen LogP contribution is 2.35. The number of hydrazone groups is 1. The van der Waals surface area contributed by atoms with Gasteiger partial charge in [0.2, 0.25) is 0 Å². The van der Waals surface area contributed by atoms with E-state index < -0.39 is 6.10 Å². The molecule has 1 aromatic heterocycles. The third-order valence-electron chi connectivity index (χ3n) is 4.74. The van der Waals surface area contributed by atoms with E-state index in [1.165, 1.54) is 5.01 Å². The number of hydrogen-bond donors (Lipinski definition) is 0. The second kappa shape index (κ2) is 7.19. The molecule has 1 aromatic carbocycles. The fourth-order valence-electron chi connectivity index (χ4n) is 3.06.